The summed E-state index contributed by atoms with van der Waals surface area (Å²) in [6.45, 7) is 0. The van der Waals surface area contributed by atoms with Crippen LogP contribution in [0.2, 0.25) is 0 Å². The number of nitrogens with zero attached hydrogens (tertiary/aromatic N) is 8. The van der Waals surface area contributed by atoms with Crippen molar-refractivity contribution >= 4 is 17.0 Å². The van der Waals surface area contributed by atoms with Crippen LogP contribution in [0.3, 0.4) is 0 Å². The molecule has 0 unspecified atom stereocenters. The van der Waals surface area contributed by atoms with Gasteiger partial charge in [-0.25, -0.2) is 29.3 Å². The molecule has 0 amide bonds. The fourth-order valence-corrected chi connectivity index (χ4v) is 3.66. The summed E-state index contributed by atoms with van der Waals surface area (Å²) in [7, 11) is 0. The van der Waals surface area contributed by atoms with Gasteiger partial charge >= 0.3 is 0 Å². The second-order valence-electron chi connectivity index (χ2n) is 6.79. The van der Waals surface area contributed by atoms with Crippen LogP contribution in [0.15, 0.2) is 42.2 Å². The number of aromatic amines is 1. The van der Waals surface area contributed by atoms with Crippen LogP contribution in [0.25, 0.3) is 17.0 Å². The van der Waals surface area contributed by atoms with Crippen molar-refractivity contribution in [1.82, 2.24) is 44.5 Å². The molecule has 4 aromatic rings. The summed E-state index contributed by atoms with van der Waals surface area (Å²) in [5, 5.41) is 12.0. The minimum absolute atomic E-state index is 0.0617. The van der Waals surface area contributed by atoms with E-state index in [1.54, 1.807) is 28.1 Å². The standard InChI is InChI=1S/C17H18N10O/c28-14-6-5-13(26-10-18-7-23-26)25-27(14)12-3-1-11(2-4-12)24-17-15-16(20-8-19-15)21-9-22-17/h5-12H,1-4H2,(H2,19,20,21,22,24). The van der Waals surface area contributed by atoms with E-state index in [0.717, 1.165) is 37.0 Å². The number of anilines is 1. The minimum Gasteiger partial charge on any atom is -0.365 e. The van der Waals surface area contributed by atoms with Crippen molar-refractivity contribution in [3.63, 3.8) is 0 Å². The number of H-pyrrole nitrogens is 1. The number of fused-ring (bicyclic) bond motifs is 1. The van der Waals surface area contributed by atoms with E-state index in [4.69, 9.17) is 0 Å². The van der Waals surface area contributed by atoms with Crippen molar-refractivity contribution in [3.8, 4) is 5.82 Å². The predicted octanol–water partition coefficient (Wildman–Crippen LogP) is 1.09. The second kappa shape index (κ2) is 6.83. The lowest BCUT2D eigenvalue weighted by molar-refractivity contribution is 0.302. The third-order valence-electron chi connectivity index (χ3n) is 5.07. The van der Waals surface area contributed by atoms with Gasteiger partial charge in [-0.2, -0.15) is 5.10 Å². The lowest BCUT2D eigenvalue weighted by atomic mass is 9.91. The van der Waals surface area contributed by atoms with Crippen LogP contribution in [-0.2, 0) is 0 Å². The van der Waals surface area contributed by atoms with Crippen LogP contribution in [0.5, 0.6) is 0 Å². The highest BCUT2D eigenvalue weighted by molar-refractivity contribution is 5.82. The molecule has 0 spiro atoms. The van der Waals surface area contributed by atoms with E-state index >= 15 is 0 Å². The zero-order valence-electron chi connectivity index (χ0n) is 14.9. The number of aromatic nitrogens is 9. The van der Waals surface area contributed by atoms with Gasteiger partial charge in [-0.3, -0.25) is 4.79 Å². The molecule has 5 rings (SSSR count). The van der Waals surface area contributed by atoms with E-state index in [1.165, 1.54) is 18.7 Å². The second-order valence-corrected chi connectivity index (χ2v) is 6.79. The average molecular weight is 378 g/mol. The van der Waals surface area contributed by atoms with Crippen molar-refractivity contribution in [1.29, 1.82) is 0 Å². The SMILES string of the molecule is O=c1ccc(-n2cncn2)nn1C1CCC(Nc2ncnc3nc[nH]c23)CC1. The van der Waals surface area contributed by atoms with Gasteiger partial charge in [-0.15, -0.1) is 5.10 Å². The topological polar surface area (TPSA) is 132 Å². The summed E-state index contributed by atoms with van der Waals surface area (Å²) in [6, 6.07) is 3.52. The normalized spacial score (nSPS) is 19.7. The molecule has 11 nitrogen and oxygen atoms in total. The van der Waals surface area contributed by atoms with Crippen LogP contribution in [-0.4, -0.2) is 50.5 Å². The van der Waals surface area contributed by atoms with Gasteiger partial charge < -0.3 is 10.3 Å². The molecule has 2 N–H and O–H groups in total. The highest BCUT2D eigenvalue weighted by Gasteiger charge is 2.25. The molecule has 1 fully saturated rings. The van der Waals surface area contributed by atoms with E-state index in [2.05, 4.69) is 40.4 Å². The maximum Gasteiger partial charge on any atom is 0.267 e. The number of rotatable bonds is 4. The number of nitrogens with one attached hydrogen (secondary N) is 2. The molecule has 0 atom stereocenters. The number of imidazole rings is 1. The lowest BCUT2D eigenvalue weighted by Crippen LogP contribution is -2.33. The van der Waals surface area contributed by atoms with E-state index < -0.39 is 0 Å². The third-order valence-corrected chi connectivity index (χ3v) is 5.07. The van der Waals surface area contributed by atoms with Gasteiger partial charge in [0.05, 0.1) is 12.4 Å². The van der Waals surface area contributed by atoms with Crippen molar-refractivity contribution in [2.24, 2.45) is 0 Å². The van der Waals surface area contributed by atoms with Crippen molar-refractivity contribution in [2.45, 2.75) is 37.8 Å². The van der Waals surface area contributed by atoms with Crippen LogP contribution in [0, 0.1) is 0 Å². The molecule has 0 aromatic carbocycles. The molecule has 0 saturated heterocycles. The van der Waals surface area contributed by atoms with Gasteiger partial charge in [0, 0.05) is 12.1 Å². The minimum atomic E-state index is -0.102. The predicted molar refractivity (Wildman–Crippen MR) is 100 cm³/mol. The first kappa shape index (κ1) is 16.5. The van der Waals surface area contributed by atoms with Crippen molar-refractivity contribution in [2.75, 3.05) is 5.32 Å². The number of hydrogen-bond acceptors (Lipinski definition) is 8. The third kappa shape index (κ3) is 3.00. The molecule has 11 heteroatoms. The Morgan fingerprint density at radius 1 is 1.07 bits per heavy atom. The Labute approximate surface area is 158 Å². The molecule has 0 bridgehead atoms. The molecule has 4 heterocycles. The summed E-state index contributed by atoms with van der Waals surface area (Å²) in [5.74, 6) is 1.34. The molecule has 28 heavy (non-hydrogen) atoms. The zero-order chi connectivity index (χ0) is 18.9. The Morgan fingerprint density at radius 2 is 1.96 bits per heavy atom. The Balaban J connectivity index is 1.30. The van der Waals surface area contributed by atoms with Gasteiger partial charge in [0.15, 0.2) is 17.3 Å². The molecular formula is C17H18N10O. The van der Waals surface area contributed by atoms with Crippen LogP contribution in [0.1, 0.15) is 31.7 Å². The monoisotopic (exact) mass is 378 g/mol. The first-order valence-corrected chi connectivity index (χ1v) is 9.13. The van der Waals surface area contributed by atoms with Gasteiger partial charge in [0.1, 0.15) is 24.5 Å². The maximum atomic E-state index is 12.3. The quantitative estimate of drug-likeness (QED) is 0.539. The Kier molecular flexibility index (Phi) is 4.04. The molecule has 1 aliphatic rings. The van der Waals surface area contributed by atoms with Gasteiger partial charge in [0.2, 0.25) is 0 Å². The van der Waals surface area contributed by atoms with E-state index in [9.17, 15) is 4.79 Å². The summed E-state index contributed by atoms with van der Waals surface area (Å²) >= 11 is 0. The summed E-state index contributed by atoms with van der Waals surface area (Å²) < 4.78 is 3.12. The van der Waals surface area contributed by atoms with Crippen molar-refractivity contribution in [3.05, 3.63) is 47.8 Å². The van der Waals surface area contributed by atoms with E-state index in [1.807, 2.05) is 0 Å². The van der Waals surface area contributed by atoms with E-state index in [-0.39, 0.29) is 17.6 Å². The van der Waals surface area contributed by atoms with Gasteiger partial charge in [-0.1, -0.05) is 0 Å². The highest BCUT2D eigenvalue weighted by atomic mass is 16.1. The molecule has 0 radical (unpaired) electrons. The Morgan fingerprint density at radius 3 is 2.79 bits per heavy atom. The Bertz CT molecular complexity index is 1140. The zero-order valence-corrected chi connectivity index (χ0v) is 14.9. The van der Waals surface area contributed by atoms with Crippen LogP contribution >= 0.6 is 0 Å². The first-order valence-electron chi connectivity index (χ1n) is 9.13. The van der Waals surface area contributed by atoms with Crippen LogP contribution < -0.4 is 10.9 Å². The molecule has 0 aliphatic heterocycles. The highest BCUT2D eigenvalue weighted by Crippen LogP contribution is 2.29. The number of hydrogen-bond donors (Lipinski definition) is 2. The molecule has 1 saturated carbocycles. The van der Waals surface area contributed by atoms with Gasteiger partial charge in [-0.05, 0) is 31.7 Å². The lowest BCUT2D eigenvalue weighted by Gasteiger charge is -2.29. The summed E-state index contributed by atoms with van der Waals surface area (Å²) in [4.78, 5) is 32.0. The Hall–Kier alpha value is -3.63. The van der Waals surface area contributed by atoms with Gasteiger partial charge in [0.25, 0.3) is 5.56 Å². The molecule has 4 aromatic heterocycles. The van der Waals surface area contributed by atoms with E-state index in [0.29, 0.717) is 11.5 Å². The largest absolute Gasteiger partial charge is 0.365 e. The molecular weight excluding hydrogens is 360 g/mol. The summed E-state index contributed by atoms with van der Waals surface area (Å²) in [5.41, 5.74) is 1.35. The first-order chi connectivity index (χ1) is 13.8. The fourth-order valence-electron chi connectivity index (χ4n) is 3.66. The summed E-state index contributed by atoms with van der Waals surface area (Å²) in [6.07, 6.45) is 9.65. The van der Waals surface area contributed by atoms with Crippen LogP contribution in [0.4, 0.5) is 5.82 Å². The molecule has 1 aliphatic carbocycles. The smallest absolute Gasteiger partial charge is 0.267 e. The maximum absolute atomic E-state index is 12.3. The van der Waals surface area contributed by atoms with Crippen molar-refractivity contribution < 1.29 is 0 Å². The molecule has 142 valence electrons. The fraction of sp³-hybridized carbons (Fsp3) is 0.353. The average Bonchev–Trinajstić information content (AvgIpc) is 3.42.